The number of nitrogens with two attached hydrogens (primary N) is 1. The van der Waals surface area contributed by atoms with Gasteiger partial charge in [0.2, 0.25) is 5.91 Å². The van der Waals surface area contributed by atoms with Gasteiger partial charge >= 0.3 is 0 Å². The van der Waals surface area contributed by atoms with Gasteiger partial charge in [0.1, 0.15) is 0 Å². The van der Waals surface area contributed by atoms with Crippen LogP contribution in [0.25, 0.3) is 0 Å². The van der Waals surface area contributed by atoms with Gasteiger partial charge in [0.25, 0.3) is 0 Å². The summed E-state index contributed by atoms with van der Waals surface area (Å²) in [4.78, 5) is 17.1. The highest BCUT2D eigenvalue weighted by molar-refractivity contribution is 5.81. The molecule has 19 heavy (non-hydrogen) atoms. The van der Waals surface area contributed by atoms with Crippen LogP contribution in [0.1, 0.15) is 32.1 Å². The Morgan fingerprint density at radius 3 is 2.58 bits per heavy atom. The zero-order valence-corrected chi connectivity index (χ0v) is 11.6. The van der Waals surface area contributed by atoms with Gasteiger partial charge in [-0.15, -0.1) is 0 Å². The van der Waals surface area contributed by atoms with Crippen molar-refractivity contribution in [3.63, 3.8) is 0 Å². The predicted octanol–water partition coefficient (Wildman–Crippen LogP) is 0.977. The highest BCUT2D eigenvalue weighted by atomic mass is 16.2. The van der Waals surface area contributed by atoms with E-state index in [1.165, 1.54) is 32.4 Å². The minimum atomic E-state index is 0.0371. The maximum atomic E-state index is 12.4. The average molecular weight is 263 g/mol. The Morgan fingerprint density at radius 2 is 1.89 bits per heavy atom. The molecule has 0 saturated carbocycles. The Kier molecular flexibility index (Phi) is 3.89. The Morgan fingerprint density at radius 1 is 1.11 bits per heavy atom. The summed E-state index contributed by atoms with van der Waals surface area (Å²) in [5.74, 6) is 0.332. The van der Waals surface area contributed by atoms with Gasteiger partial charge < -0.3 is 10.6 Å². The number of carbonyl (C=O) groups excluding carboxylic acids is 1. The second-order valence-electron chi connectivity index (χ2n) is 6.21. The maximum absolute atomic E-state index is 12.4. The fourth-order valence-electron chi connectivity index (χ4n) is 3.67. The molecule has 2 saturated heterocycles. The van der Waals surface area contributed by atoms with E-state index in [4.69, 9.17) is 5.73 Å². The van der Waals surface area contributed by atoms with Gasteiger partial charge in [0, 0.05) is 25.2 Å². The number of rotatable bonds is 2. The second-order valence-corrected chi connectivity index (χ2v) is 6.21. The van der Waals surface area contributed by atoms with Crippen molar-refractivity contribution in [1.29, 1.82) is 0 Å². The first-order valence-corrected chi connectivity index (χ1v) is 7.71. The predicted molar refractivity (Wildman–Crippen MR) is 75.6 cm³/mol. The van der Waals surface area contributed by atoms with E-state index in [0.717, 1.165) is 25.9 Å². The molecule has 4 nitrogen and oxygen atoms in total. The first kappa shape index (κ1) is 13.1. The number of likely N-dealkylation sites (tertiary alicyclic amines) is 2. The van der Waals surface area contributed by atoms with E-state index in [2.05, 4.69) is 9.80 Å². The van der Waals surface area contributed by atoms with Crippen LogP contribution in [0.4, 0.5) is 0 Å². The molecule has 0 aromatic rings. The molecule has 4 heteroatoms. The zero-order valence-electron chi connectivity index (χ0n) is 11.6. The monoisotopic (exact) mass is 263 g/mol. The van der Waals surface area contributed by atoms with Crippen molar-refractivity contribution in [2.45, 2.75) is 44.2 Å². The van der Waals surface area contributed by atoms with Gasteiger partial charge in [-0.3, -0.25) is 9.69 Å². The molecule has 106 valence electrons. The van der Waals surface area contributed by atoms with Gasteiger partial charge in [-0.1, -0.05) is 18.6 Å². The lowest BCUT2D eigenvalue weighted by atomic mass is 10.1. The number of nitrogens with zero attached hydrogens (tertiary/aromatic N) is 2. The van der Waals surface area contributed by atoms with Crippen LogP contribution in [-0.4, -0.2) is 54.0 Å². The van der Waals surface area contributed by atoms with E-state index in [9.17, 15) is 4.79 Å². The van der Waals surface area contributed by atoms with Gasteiger partial charge in [-0.05, 0) is 38.8 Å². The molecule has 3 unspecified atom stereocenters. The van der Waals surface area contributed by atoms with Crippen LogP contribution in [0.5, 0.6) is 0 Å². The molecular formula is C15H25N3O. The molecule has 0 spiro atoms. The number of piperidine rings is 1. The summed E-state index contributed by atoms with van der Waals surface area (Å²) in [6.45, 7) is 4.31. The standard InChI is InChI=1S/C15H25N3O/c16-13-5-4-12(10-13)15(19)18-9-6-14(11-18)17-7-2-1-3-8-17/h4-5,12-14H,1-3,6-11,16H2. The van der Waals surface area contributed by atoms with Gasteiger partial charge in [-0.2, -0.15) is 0 Å². The first-order valence-electron chi connectivity index (χ1n) is 7.71. The Labute approximate surface area is 115 Å². The molecule has 2 fully saturated rings. The van der Waals surface area contributed by atoms with Crippen LogP contribution in [0, 0.1) is 5.92 Å². The van der Waals surface area contributed by atoms with Crippen LogP contribution in [0.2, 0.25) is 0 Å². The summed E-state index contributed by atoms with van der Waals surface area (Å²) in [6, 6.07) is 0.678. The molecular weight excluding hydrogens is 238 g/mol. The molecule has 1 amide bonds. The first-order chi connectivity index (χ1) is 9.24. The van der Waals surface area contributed by atoms with Crippen LogP contribution in [0.15, 0.2) is 12.2 Å². The van der Waals surface area contributed by atoms with Crippen LogP contribution in [-0.2, 0) is 4.79 Å². The molecule has 0 radical (unpaired) electrons. The topological polar surface area (TPSA) is 49.6 Å². The number of carbonyl (C=O) groups is 1. The molecule has 3 atom stereocenters. The van der Waals surface area contributed by atoms with Crippen molar-refractivity contribution in [3.8, 4) is 0 Å². The van der Waals surface area contributed by atoms with Crippen LogP contribution >= 0.6 is 0 Å². The number of hydrogen-bond acceptors (Lipinski definition) is 3. The van der Waals surface area contributed by atoms with E-state index in [0.29, 0.717) is 11.9 Å². The molecule has 1 aliphatic carbocycles. The van der Waals surface area contributed by atoms with Gasteiger partial charge in [-0.25, -0.2) is 0 Å². The molecule has 2 heterocycles. The number of amides is 1. The van der Waals surface area contributed by atoms with Gasteiger partial charge in [0.05, 0.1) is 5.92 Å². The average Bonchev–Trinajstić information content (AvgIpc) is 3.08. The summed E-state index contributed by atoms with van der Waals surface area (Å²) >= 11 is 0. The minimum Gasteiger partial charge on any atom is -0.341 e. The minimum absolute atomic E-state index is 0.0371. The van der Waals surface area contributed by atoms with E-state index >= 15 is 0 Å². The Bertz CT molecular complexity index is 362. The summed E-state index contributed by atoms with van der Waals surface area (Å²) in [5, 5.41) is 0. The fourth-order valence-corrected chi connectivity index (χ4v) is 3.67. The Balaban J connectivity index is 1.53. The lowest BCUT2D eigenvalue weighted by molar-refractivity contribution is -0.133. The number of hydrogen-bond donors (Lipinski definition) is 1. The highest BCUT2D eigenvalue weighted by Gasteiger charge is 2.34. The normalized spacial score (nSPS) is 36.1. The quantitative estimate of drug-likeness (QED) is 0.756. The molecule has 0 bridgehead atoms. The fraction of sp³-hybridized carbons (Fsp3) is 0.800. The van der Waals surface area contributed by atoms with E-state index in [-0.39, 0.29) is 12.0 Å². The SMILES string of the molecule is NC1C=CC(C(=O)N2CCC(N3CCCCC3)C2)C1. The third kappa shape index (κ3) is 2.84. The summed E-state index contributed by atoms with van der Waals surface area (Å²) < 4.78 is 0. The van der Waals surface area contributed by atoms with E-state index in [1.807, 2.05) is 12.2 Å². The van der Waals surface area contributed by atoms with Crippen molar-refractivity contribution in [2.75, 3.05) is 26.2 Å². The molecule has 3 aliphatic rings. The highest BCUT2D eigenvalue weighted by Crippen LogP contribution is 2.24. The third-order valence-corrected chi connectivity index (χ3v) is 4.82. The molecule has 3 rings (SSSR count). The van der Waals surface area contributed by atoms with Crippen molar-refractivity contribution >= 4 is 5.91 Å². The molecule has 0 aromatic carbocycles. The third-order valence-electron chi connectivity index (χ3n) is 4.82. The second kappa shape index (κ2) is 5.63. The largest absolute Gasteiger partial charge is 0.341 e. The summed E-state index contributed by atoms with van der Waals surface area (Å²) in [5.41, 5.74) is 5.84. The maximum Gasteiger partial charge on any atom is 0.229 e. The van der Waals surface area contributed by atoms with E-state index in [1.54, 1.807) is 0 Å². The lowest BCUT2D eigenvalue weighted by Crippen LogP contribution is -2.42. The smallest absolute Gasteiger partial charge is 0.229 e. The summed E-state index contributed by atoms with van der Waals surface area (Å²) in [6.07, 6.45) is 9.94. The Hall–Kier alpha value is -0.870. The van der Waals surface area contributed by atoms with Crippen molar-refractivity contribution in [1.82, 2.24) is 9.80 Å². The van der Waals surface area contributed by atoms with Gasteiger partial charge in [0.15, 0.2) is 0 Å². The summed E-state index contributed by atoms with van der Waals surface area (Å²) in [7, 11) is 0. The van der Waals surface area contributed by atoms with Crippen molar-refractivity contribution < 1.29 is 4.79 Å². The van der Waals surface area contributed by atoms with Crippen molar-refractivity contribution in [3.05, 3.63) is 12.2 Å². The molecule has 2 N–H and O–H groups in total. The lowest BCUT2D eigenvalue weighted by Gasteiger charge is -2.32. The van der Waals surface area contributed by atoms with Crippen molar-refractivity contribution in [2.24, 2.45) is 11.7 Å². The zero-order chi connectivity index (χ0) is 13.2. The molecule has 2 aliphatic heterocycles. The van der Waals surface area contributed by atoms with Crippen LogP contribution < -0.4 is 5.73 Å². The molecule has 0 aromatic heterocycles. The van der Waals surface area contributed by atoms with Crippen LogP contribution in [0.3, 0.4) is 0 Å². The van der Waals surface area contributed by atoms with E-state index < -0.39 is 0 Å².